The first-order valence-corrected chi connectivity index (χ1v) is 6.03. The van der Waals surface area contributed by atoms with Crippen LogP contribution in [0.5, 0.6) is 0 Å². The van der Waals surface area contributed by atoms with Gasteiger partial charge in [0.05, 0.1) is 0 Å². The van der Waals surface area contributed by atoms with E-state index in [1.807, 2.05) is 0 Å². The molecular weight excluding hydrogens is 178 g/mol. The van der Waals surface area contributed by atoms with Crippen LogP contribution in [0.15, 0.2) is 16.8 Å². The van der Waals surface area contributed by atoms with E-state index in [0.29, 0.717) is 6.04 Å². The molecule has 0 bridgehead atoms. The zero-order chi connectivity index (χ0) is 9.10. The van der Waals surface area contributed by atoms with Gasteiger partial charge in [0.2, 0.25) is 0 Å². The molecule has 1 unspecified atom stereocenters. The highest BCUT2D eigenvalue weighted by Crippen LogP contribution is 2.27. The Bertz CT molecular complexity index is 239. The van der Waals surface area contributed by atoms with Crippen LogP contribution < -0.4 is 5.32 Å². The third kappa shape index (κ3) is 3.12. The van der Waals surface area contributed by atoms with E-state index in [4.69, 9.17) is 0 Å². The topological polar surface area (TPSA) is 12.0 Å². The first kappa shape index (κ1) is 9.22. The molecule has 0 amide bonds. The van der Waals surface area contributed by atoms with Crippen molar-refractivity contribution in [3.8, 4) is 0 Å². The molecule has 1 atom stereocenters. The van der Waals surface area contributed by atoms with Crippen molar-refractivity contribution in [1.82, 2.24) is 5.32 Å². The van der Waals surface area contributed by atoms with Gasteiger partial charge < -0.3 is 5.32 Å². The summed E-state index contributed by atoms with van der Waals surface area (Å²) in [7, 11) is 0. The van der Waals surface area contributed by atoms with Crippen molar-refractivity contribution >= 4 is 11.3 Å². The lowest BCUT2D eigenvalue weighted by molar-refractivity contribution is 0.526. The third-order valence-electron chi connectivity index (χ3n) is 2.57. The van der Waals surface area contributed by atoms with Crippen molar-refractivity contribution in [3.05, 3.63) is 22.4 Å². The Morgan fingerprint density at radius 1 is 1.62 bits per heavy atom. The van der Waals surface area contributed by atoms with Crippen molar-refractivity contribution in [2.75, 3.05) is 6.54 Å². The van der Waals surface area contributed by atoms with Gasteiger partial charge >= 0.3 is 0 Å². The van der Waals surface area contributed by atoms with E-state index >= 15 is 0 Å². The molecule has 2 rings (SSSR count). The standard InChI is InChI=1S/C11H17NS/c1-9(12-7-10-2-3-10)6-11-4-5-13-8-11/h4-5,8-10,12H,2-3,6-7H2,1H3. The summed E-state index contributed by atoms with van der Waals surface area (Å²) >= 11 is 1.79. The minimum Gasteiger partial charge on any atom is -0.314 e. The average Bonchev–Trinajstić information content (AvgIpc) is 2.82. The number of nitrogens with one attached hydrogen (secondary N) is 1. The molecule has 1 nitrogen and oxygen atoms in total. The predicted octanol–water partition coefficient (Wildman–Crippen LogP) is 2.68. The molecule has 0 radical (unpaired) electrons. The maximum absolute atomic E-state index is 3.59. The van der Waals surface area contributed by atoms with Crippen LogP contribution in [-0.2, 0) is 6.42 Å². The molecule has 1 saturated carbocycles. The summed E-state index contributed by atoms with van der Waals surface area (Å²) in [5.41, 5.74) is 1.47. The monoisotopic (exact) mass is 195 g/mol. The van der Waals surface area contributed by atoms with Gasteiger partial charge in [-0.1, -0.05) is 0 Å². The number of thiophene rings is 1. The van der Waals surface area contributed by atoms with Crippen LogP contribution in [0.3, 0.4) is 0 Å². The average molecular weight is 195 g/mol. The first-order valence-electron chi connectivity index (χ1n) is 5.09. The molecule has 1 aromatic rings. The molecule has 1 N–H and O–H groups in total. The predicted molar refractivity (Wildman–Crippen MR) is 58.2 cm³/mol. The normalized spacial score (nSPS) is 18.8. The summed E-state index contributed by atoms with van der Waals surface area (Å²) in [6.07, 6.45) is 4.06. The second kappa shape index (κ2) is 4.25. The van der Waals surface area contributed by atoms with Gasteiger partial charge in [0.15, 0.2) is 0 Å². The van der Waals surface area contributed by atoms with Crippen molar-refractivity contribution < 1.29 is 0 Å². The van der Waals surface area contributed by atoms with Gasteiger partial charge in [-0.2, -0.15) is 11.3 Å². The quantitative estimate of drug-likeness (QED) is 0.761. The van der Waals surface area contributed by atoms with E-state index < -0.39 is 0 Å². The van der Waals surface area contributed by atoms with Gasteiger partial charge in [0, 0.05) is 6.04 Å². The number of rotatable bonds is 5. The molecule has 0 saturated heterocycles. The Labute approximate surface area is 84.2 Å². The van der Waals surface area contributed by atoms with Gasteiger partial charge in [0.25, 0.3) is 0 Å². The van der Waals surface area contributed by atoms with Crippen LogP contribution in [0.2, 0.25) is 0 Å². The maximum Gasteiger partial charge on any atom is 0.00795 e. The van der Waals surface area contributed by atoms with Gasteiger partial charge in [0.1, 0.15) is 0 Å². The van der Waals surface area contributed by atoms with E-state index in [-0.39, 0.29) is 0 Å². The van der Waals surface area contributed by atoms with Gasteiger partial charge in [-0.05, 0) is 61.0 Å². The van der Waals surface area contributed by atoms with Crippen LogP contribution in [-0.4, -0.2) is 12.6 Å². The Morgan fingerprint density at radius 3 is 3.08 bits per heavy atom. The van der Waals surface area contributed by atoms with E-state index in [9.17, 15) is 0 Å². The Kier molecular flexibility index (Phi) is 3.01. The Balaban J connectivity index is 1.68. The van der Waals surface area contributed by atoms with Crippen LogP contribution in [0, 0.1) is 5.92 Å². The zero-order valence-corrected chi connectivity index (χ0v) is 8.94. The third-order valence-corrected chi connectivity index (χ3v) is 3.31. The summed E-state index contributed by atoms with van der Waals surface area (Å²) in [5, 5.41) is 7.99. The fourth-order valence-corrected chi connectivity index (χ4v) is 2.21. The molecule has 72 valence electrons. The highest BCUT2D eigenvalue weighted by molar-refractivity contribution is 7.07. The summed E-state index contributed by atoms with van der Waals surface area (Å²) in [6, 6.07) is 2.86. The van der Waals surface area contributed by atoms with Crippen molar-refractivity contribution in [3.63, 3.8) is 0 Å². The van der Waals surface area contributed by atoms with E-state index in [1.54, 1.807) is 11.3 Å². The molecule has 1 aromatic heterocycles. The molecule has 1 aliphatic rings. The molecule has 0 spiro atoms. The van der Waals surface area contributed by atoms with Gasteiger partial charge in [-0.15, -0.1) is 0 Å². The number of hydrogen-bond acceptors (Lipinski definition) is 2. The number of hydrogen-bond donors (Lipinski definition) is 1. The molecule has 1 aliphatic carbocycles. The van der Waals surface area contributed by atoms with Gasteiger partial charge in [-0.3, -0.25) is 0 Å². The molecule has 0 aliphatic heterocycles. The van der Waals surface area contributed by atoms with Crippen molar-refractivity contribution in [2.24, 2.45) is 5.92 Å². The Hall–Kier alpha value is -0.340. The van der Waals surface area contributed by atoms with E-state index in [0.717, 1.165) is 5.92 Å². The highest BCUT2D eigenvalue weighted by Gasteiger charge is 2.21. The van der Waals surface area contributed by atoms with Crippen molar-refractivity contribution in [2.45, 2.75) is 32.2 Å². The van der Waals surface area contributed by atoms with Gasteiger partial charge in [-0.25, -0.2) is 0 Å². The first-order chi connectivity index (χ1) is 6.34. The molecule has 13 heavy (non-hydrogen) atoms. The lowest BCUT2D eigenvalue weighted by atomic mass is 10.1. The lowest BCUT2D eigenvalue weighted by Gasteiger charge is -2.12. The van der Waals surface area contributed by atoms with E-state index in [1.165, 1.54) is 31.4 Å². The summed E-state index contributed by atoms with van der Waals surface area (Å²) in [4.78, 5) is 0. The SMILES string of the molecule is CC(Cc1ccsc1)NCC1CC1. The second-order valence-corrected chi connectivity index (χ2v) is 4.87. The maximum atomic E-state index is 3.59. The smallest absolute Gasteiger partial charge is 0.00795 e. The second-order valence-electron chi connectivity index (χ2n) is 4.09. The Morgan fingerprint density at radius 2 is 2.46 bits per heavy atom. The lowest BCUT2D eigenvalue weighted by Crippen LogP contribution is -2.29. The van der Waals surface area contributed by atoms with Crippen molar-refractivity contribution in [1.29, 1.82) is 0 Å². The minimum atomic E-state index is 0.634. The fourth-order valence-electron chi connectivity index (χ4n) is 1.52. The molecular formula is C11H17NS. The largest absolute Gasteiger partial charge is 0.314 e. The molecule has 1 fully saturated rings. The summed E-state index contributed by atoms with van der Waals surface area (Å²) in [6.45, 7) is 3.51. The molecule has 1 heterocycles. The highest BCUT2D eigenvalue weighted by atomic mass is 32.1. The summed E-state index contributed by atoms with van der Waals surface area (Å²) < 4.78 is 0. The van der Waals surface area contributed by atoms with Crippen LogP contribution in [0.4, 0.5) is 0 Å². The fraction of sp³-hybridized carbons (Fsp3) is 0.636. The minimum absolute atomic E-state index is 0.634. The van der Waals surface area contributed by atoms with E-state index in [2.05, 4.69) is 29.1 Å². The summed E-state index contributed by atoms with van der Waals surface area (Å²) in [5.74, 6) is 0.991. The zero-order valence-electron chi connectivity index (χ0n) is 8.12. The van der Waals surface area contributed by atoms with Crippen LogP contribution in [0.25, 0.3) is 0 Å². The van der Waals surface area contributed by atoms with Crippen LogP contribution in [0.1, 0.15) is 25.3 Å². The molecule has 2 heteroatoms. The van der Waals surface area contributed by atoms with Crippen LogP contribution >= 0.6 is 11.3 Å². The molecule has 0 aromatic carbocycles.